The van der Waals surface area contributed by atoms with E-state index in [-0.39, 0.29) is 11.4 Å². The summed E-state index contributed by atoms with van der Waals surface area (Å²) in [4.78, 5) is 10.9. The van der Waals surface area contributed by atoms with E-state index in [1.54, 1.807) is 12.1 Å². The third kappa shape index (κ3) is 3.32. The molecule has 23 heavy (non-hydrogen) atoms. The fraction of sp³-hybridized carbons (Fsp3) is 0.0588. The van der Waals surface area contributed by atoms with E-state index in [4.69, 9.17) is 9.84 Å². The molecule has 3 rings (SSSR count). The summed E-state index contributed by atoms with van der Waals surface area (Å²) in [6.07, 6.45) is 0. The average molecular weight is 310 g/mol. The lowest BCUT2D eigenvalue weighted by Crippen LogP contribution is -1.95. The van der Waals surface area contributed by atoms with Crippen LogP contribution < -0.4 is 4.74 Å². The van der Waals surface area contributed by atoms with E-state index in [1.165, 1.54) is 12.1 Å². The minimum Gasteiger partial charge on any atom is -0.504 e. The summed E-state index contributed by atoms with van der Waals surface area (Å²) in [5, 5.41) is 25.2. The number of aromatic carboxylic acids is 1. The first-order chi connectivity index (χ1) is 11.1. The van der Waals surface area contributed by atoms with Crippen LogP contribution >= 0.6 is 0 Å². The van der Waals surface area contributed by atoms with Gasteiger partial charge in [-0.2, -0.15) is 5.10 Å². The van der Waals surface area contributed by atoms with Crippen LogP contribution in [0.4, 0.5) is 0 Å². The second kappa shape index (κ2) is 6.23. The number of aromatic amines is 1. The number of carboxylic acid groups (broad SMARTS) is 1. The fourth-order valence-electron chi connectivity index (χ4n) is 2.10. The molecule has 0 fully saturated rings. The van der Waals surface area contributed by atoms with Crippen molar-refractivity contribution in [3.05, 3.63) is 65.9 Å². The molecule has 0 unspecified atom stereocenters. The first kappa shape index (κ1) is 14.6. The summed E-state index contributed by atoms with van der Waals surface area (Å²) >= 11 is 0. The Kier molecular flexibility index (Phi) is 3.97. The van der Waals surface area contributed by atoms with Gasteiger partial charge >= 0.3 is 5.97 Å². The Labute approximate surface area is 132 Å². The van der Waals surface area contributed by atoms with Gasteiger partial charge in [-0.25, -0.2) is 4.79 Å². The first-order valence-corrected chi connectivity index (χ1v) is 6.92. The van der Waals surface area contributed by atoms with Crippen LogP contribution in [-0.2, 0) is 6.61 Å². The number of ether oxygens (including phenoxy) is 1. The molecule has 0 bridgehead atoms. The van der Waals surface area contributed by atoms with Crippen LogP contribution in [0.5, 0.6) is 11.5 Å². The largest absolute Gasteiger partial charge is 0.504 e. The van der Waals surface area contributed by atoms with E-state index in [2.05, 4.69) is 10.2 Å². The molecule has 116 valence electrons. The highest BCUT2D eigenvalue weighted by molar-refractivity contribution is 5.86. The molecule has 0 saturated carbocycles. The maximum absolute atomic E-state index is 10.9. The van der Waals surface area contributed by atoms with E-state index in [9.17, 15) is 9.90 Å². The molecule has 6 nitrogen and oxygen atoms in total. The van der Waals surface area contributed by atoms with Gasteiger partial charge < -0.3 is 14.9 Å². The normalized spacial score (nSPS) is 10.4. The zero-order chi connectivity index (χ0) is 16.2. The van der Waals surface area contributed by atoms with Crippen molar-refractivity contribution in [2.45, 2.75) is 6.61 Å². The lowest BCUT2D eigenvalue weighted by atomic mass is 10.1. The molecule has 1 heterocycles. The summed E-state index contributed by atoms with van der Waals surface area (Å²) in [5.74, 6) is -0.756. The monoisotopic (exact) mass is 310 g/mol. The number of H-pyrrole nitrogens is 1. The molecule has 1 aromatic heterocycles. The number of rotatable bonds is 5. The van der Waals surface area contributed by atoms with Crippen LogP contribution in [0.3, 0.4) is 0 Å². The predicted octanol–water partition coefficient (Wildman–Crippen LogP) is 3.06. The van der Waals surface area contributed by atoms with Crippen molar-refractivity contribution in [1.82, 2.24) is 10.2 Å². The number of hydrogen-bond acceptors (Lipinski definition) is 4. The fourth-order valence-corrected chi connectivity index (χ4v) is 2.10. The lowest BCUT2D eigenvalue weighted by Gasteiger charge is -2.09. The van der Waals surface area contributed by atoms with E-state index >= 15 is 0 Å². The number of phenolic OH excluding ortho intramolecular Hbond substituents is 1. The number of nitrogens with one attached hydrogen (secondary N) is 1. The van der Waals surface area contributed by atoms with Gasteiger partial charge in [-0.05, 0) is 29.8 Å². The number of benzene rings is 2. The van der Waals surface area contributed by atoms with E-state index in [0.29, 0.717) is 23.6 Å². The number of nitrogens with zero attached hydrogens (tertiary/aromatic N) is 1. The van der Waals surface area contributed by atoms with Crippen molar-refractivity contribution in [1.29, 1.82) is 0 Å². The SMILES string of the molecule is O=C(O)c1cc(-c2ccc(O)c(OCc3ccccc3)c2)n[nH]1. The Morgan fingerprint density at radius 1 is 1.13 bits per heavy atom. The zero-order valence-electron chi connectivity index (χ0n) is 12.1. The van der Waals surface area contributed by atoms with Gasteiger partial charge in [-0.3, -0.25) is 5.10 Å². The zero-order valence-corrected chi connectivity index (χ0v) is 12.1. The van der Waals surface area contributed by atoms with Crippen LogP contribution in [-0.4, -0.2) is 26.4 Å². The molecule has 0 spiro atoms. The van der Waals surface area contributed by atoms with E-state index in [1.807, 2.05) is 30.3 Å². The summed E-state index contributed by atoms with van der Waals surface area (Å²) in [6, 6.07) is 15.8. The van der Waals surface area contributed by atoms with Crippen molar-refractivity contribution in [2.24, 2.45) is 0 Å². The number of phenols is 1. The smallest absolute Gasteiger partial charge is 0.353 e. The summed E-state index contributed by atoms with van der Waals surface area (Å²) in [5.41, 5.74) is 2.09. The van der Waals surface area contributed by atoms with Crippen molar-refractivity contribution >= 4 is 5.97 Å². The molecular formula is C17H14N2O4. The number of hydrogen-bond donors (Lipinski definition) is 3. The minimum atomic E-state index is -1.08. The quantitative estimate of drug-likeness (QED) is 0.673. The first-order valence-electron chi connectivity index (χ1n) is 6.92. The molecule has 2 aromatic carbocycles. The molecule has 6 heteroatoms. The minimum absolute atomic E-state index is 0.000158. The lowest BCUT2D eigenvalue weighted by molar-refractivity contribution is 0.0690. The van der Waals surface area contributed by atoms with E-state index < -0.39 is 5.97 Å². The molecular weight excluding hydrogens is 296 g/mol. The van der Waals surface area contributed by atoms with Gasteiger partial charge in [0.05, 0.1) is 5.69 Å². The van der Waals surface area contributed by atoms with Crippen molar-refractivity contribution < 1.29 is 19.7 Å². The highest BCUT2D eigenvalue weighted by Crippen LogP contribution is 2.31. The molecule has 0 atom stereocenters. The van der Waals surface area contributed by atoms with Gasteiger partial charge in [0.15, 0.2) is 11.5 Å². The molecule has 0 aliphatic heterocycles. The topological polar surface area (TPSA) is 95.4 Å². The Morgan fingerprint density at radius 2 is 1.91 bits per heavy atom. The van der Waals surface area contributed by atoms with Crippen molar-refractivity contribution in [3.8, 4) is 22.8 Å². The highest BCUT2D eigenvalue weighted by atomic mass is 16.5. The van der Waals surface area contributed by atoms with Gasteiger partial charge in [0.1, 0.15) is 12.3 Å². The van der Waals surface area contributed by atoms with E-state index in [0.717, 1.165) is 5.56 Å². The summed E-state index contributed by atoms with van der Waals surface area (Å²) in [7, 11) is 0. The molecule has 0 amide bonds. The van der Waals surface area contributed by atoms with Gasteiger partial charge in [0.25, 0.3) is 0 Å². The Balaban J connectivity index is 1.82. The molecule has 3 N–H and O–H groups in total. The predicted molar refractivity (Wildman–Crippen MR) is 83.4 cm³/mol. The average Bonchev–Trinajstić information content (AvgIpc) is 3.05. The van der Waals surface area contributed by atoms with Crippen LogP contribution in [0.1, 0.15) is 16.1 Å². The Morgan fingerprint density at radius 3 is 2.61 bits per heavy atom. The van der Waals surface area contributed by atoms with Crippen LogP contribution in [0.15, 0.2) is 54.6 Å². The summed E-state index contributed by atoms with van der Waals surface area (Å²) < 4.78 is 5.63. The van der Waals surface area contributed by atoms with Gasteiger partial charge in [-0.1, -0.05) is 30.3 Å². The number of aromatic hydroxyl groups is 1. The highest BCUT2D eigenvalue weighted by Gasteiger charge is 2.11. The number of carboxylic acids is 1. The molecule has 3 aromatic rings. The third-order valence-electron chi connectivity index (χ3n) is 3.30. The number of carbonyl (C=O) groups is 1. The third-order valence-corrected chi connectivity index (χ3v) is 3.30. The van der Waals surface area contributed by atoms with Crippen molar-refractivity contribution in [2.75, 3.05) is 0 Å². The van der Waals surface area contributed by atoms with Crippen molar-refractivity contribution in [3.63, 3.8) is 0 Å². The molecule has 0 aliphatic carbocycles. The van der Waals surface area contributed by atoms with Crippen LogP contribution in [0.25, 0.3) is 11.3 Å². The molecule has 0 saturated heterocycles. The van der Waals surface area contributed by atoms with Gasteiger partial charge in [0, 0.05) is 5.56 Å². The Hall–Kier alpha value is -3.28. The standard InChI is InChI=1S/C17H14N2O4/c20-15-7-6-12(13-9-14(17(21)22)19-18-13)8-16(15)23-10-11-4-2-1-3-5-11/h1-9,20H,10H2,(H,18,19)(H,21,22). The van der Waals surface area contributed by atoms with Crippen LogP contribution in [0.2, 0.25) is 0 Å². The van der Waals surface area contributed by atoms with Crippen LogP contribution in [0, 0.1) is 0 Å². The molecule has 0 aliphatic rings. The van der Waals surface area contributed by atoms with Gasteiger partial charge in [-0.15, -0.1) is 0 Å². The van der Waals surface area contributed by atoms with Gasteiger partial charge in [0.2, 0.25) is 0 Å². The maximum Gasteiger partial charge on any atom is 0.353 e. The molecule has 0 radical (unpaired) electrons. The second-order valence-electron chi connectivity index (χ2n) is 4.93. The summed E-state index contributed by atoms with van der Waals surface area (Å²) in [6.45, 7) is 0.318. The Bertz CT molecular complexity index is 828. The maximum atomic E-state index is 10.9. The number of aromatic nitrogens is 2. The second-order valence-corrected chi connectivity index (χ2v) is 4.93.